The van der Waals surface area contributed by atoms with E-state index in [0.717, 1.165) is 6.54 Å². The van der Waals surface area contributed by atoms with E-state index in [9.17, 15) is 0 Å². The van der Waals surface area contributed by atoms with Crippen LogP contribution >= 0.6 is 0 Å². The van der Waals surface area contributed by atoms with Gasteiger partial charge in [0.2, 0.25) is 0 Å². The van der Waals surface area contributed by atoms with E-state index in [0.29, 0.717) is 0 Å². The third kappa shape index (κ3) is 5.92. The lowest BCUT2D eigenvalue weighted by Gasteiger charge is -2.02. The first-order chi connectivity index (χ1) is 7.83. The number of aryl methyl sites for hydroxylation is 2. The summed E-state index contributed by atoms with van der Waals surface area (Å²) >= 11 is 0. The molecule has 2 N–H and O–H groups in total. The van der Waals surface area contributed by atoms with Gasteiger partial charge in [0.1, 0.15) is 0 Å². The summed E-state index contributed by atoms with van der Waals surface area (Å²) in [5, 5.41) is 0. The van der Waals surface area contributed by atoms with Crippen LogP contribution in [0.15, 0.2) is 24.3 Å². The van der Waals surface area contributed by atoms with E-state index in [4.69, 9.17) is 5.73 Å². The van der Waals surface area contributed by atoms with Crippen molar-refractivity contribution in [2.45, 2.75) is 51.9 Å². The largest absolute Gasteiger partial charge is 0.330 e. The second-order valence-corrected chi connectivity index (χ2v) is 4.65. The Labute approximate surface area is 100 Å². The average molecular weight is 219 g/mol. The van der Waals surface area contributed by atoms with Crippen molar-refractivity contribution in [3.05, 3.63) is 35.4 Å². The molecule has 0 saturated carbocycles. The summed E-state index contributed by atoms with van der Waals surface area (Å²) in [5.41, 5.74) is 8.29. The predicted octanol–water partition coefficient (Wildman–Crippen LogP) is 3.84. The van der Waals surface area contributed by atoms with Crippen molar-refractivity contribution in [3.8, 4) is 0 Å². The van der Waals surface area contributed by atoms with Crippen LogP contribution in [0, 0.1) is 6.92 Å². The molecule has 0 aliphatic carbocycles. The summed E-state index contributed by atoms with van der Waals surface area (Å²) in [5.74, 6) is 0. The Bertz CT molecular complexity index is 263. The molecule has 1 aromatic rings. The molecule has 0 aliphatic heterocycles. The van der Waals surface area contributed by atoms with Gasteiger partial charge >= 0.3 is 0 Å². The zero-order chi connectivity index (χ0) is 11.6. The van der Waals surface area contributed by atoms with Crippen LogP contribution in [0.4, 0.5) is 0 Å². The molecule has 90 valence electrons. The maximum atomic E-state index is 5.46. The smallest absolute Gasteiger partial charge is 0.00773 e. The van der Waals surface area contributed by atoms with Crippen LogP contribution < -0.4 is 5.73 Å². The van der Waals surface area contributed by atoms with E-state index in [-0.39, 0.29) is 0 Å². The van der Waals surface area contributed by atoms with Crippen LogP contribution in [0.25, 0.3) is 0 Å². The van der Waals surface area contributed by atoms with Gasteiger partial charge in [0.25, 0.3) is 0 Å². The topological polar surface area (TPSA) is 26.0 Å². The fourth-order valence-corrected chi connectivity index (χ4v) is 1.94. The summed E-state index contributed by atoms with van der Waals surface area (Å²) in [6.07, 6.45) is 9.14. The zero-order valence-corrected chi connectivity index (χ0v) is 10.5. The van der Waals surface area contributed by atoms with Crippen LogP contribution in [0.2, 0.25) is 0 Å². The summed E-state index contributed by atoms with van der Waals surface area (Å²) in [6.45, 7) is 2.99. The molecule has 0 aromatic heterocycles. The number of nitrogens with two attached hydrogens (primary N) is 1. The molecular weight excluding hydrogens is 194 g/mol. The second-order valence-electron chi connectivity index (χ2n) is 4.65. The van der Waals surface area contributed by atoms with Gasteiger partial charge in [-0.25, -0.2) is 0 Å². The Morgan fingerprint density at radius 1 is 0.812 bits per heavy atom. The maximum Gasteiger partial charge on any atom is -0.00773 e. The predicted molar refractivity (Wildman–Crippen MR) is 71.6 cm³/mol. The zero-order valence-electron chi connectivity index (χ0n) is 10.5. The van der Waals surface area contributed by atoms with Crippen molar-refractivity contribution in [3.63, 3.8) is 0 Å². The van der Waals surface area contributed by atoms with Crippen molar-refractivity contribution >= 4 is 0 Å². The van der Waals surface area contributed by atoms with E-state index in [1.54, 1.807) is 0 Å². The van der Waals surface area contributed by atoms with Crippen LogP contribution in [0.5, 0.6) is 0 Å². The number of hydrogen-bond acceptors (Lipinski definition) is 1. The first kappa shape index (κ1) is 13.2. The molecule has 1 aromatic carbocycles. The molecule has 16 heavy (non-hydrogen) atoms. The molecule has 0 radical (unpaired) electrons. The molecule has 0 bridgehead atoms. The van der Waals surface area contributed by atoms with E-state index in [2.05, 4.69) is 31.2 Å². The molecule has 1 heteroatoms. The number of hydrogen-bond donors (Lipinski definition) is 1. The monoisotopic (exact) mass is 219 g/mol. The van der Waals surface area contributed by atoms with Gasteiger partial charge in [-0.05, 0) is 38.3 Å². The van der Waals surface area contributed by atoms with Crippen LogP contribution in [-0.2, 0) is 6.42 Å². The maximum absolute atomic E-state index is 5.46. The fourth-order valence-electron chi connectivity index (χ4n) is 1.94. The summed E-state index contributed by atoms with van der Waals surface area (Å²) in [4.78, 5) is 0. The minimum Gasteiger partial charge on any atom is -0.330 e. The van der Waals surface area contributed by atoms with E-state index < -0.39 is 0 Å². The average Bonchev–Trinajstić information content (AvgIpc) is 2.30. The van der Waals surface area contributed by atoms with Crippen LogP contribution in [-0.4, -0.2) is 6.54 Å². The van der Waals surface area contributed by atoms with Gasteiger partial charge in [-0.3, -0.25) is 0 Å². The van der Waals surface area contributed by atoms with Crippen molar-refractivity contribution in [2.75, 3.05) is 6.54 Å². The highest BCUT2D eigenvalue weighted by Gasteiger charge is 1.94. The molecule has 0 atom stereocenters. The number of unbranched alkanes of at least 4 members (excludes halogenated alkanes) is 5. The van der Waals surface area contributed by atoms with Crippen molar-refractivity contribution in [2.24, 2.45) is 5.73 Å². The second kappa shape index (κ2) is 8.35. The summed E-state index contributed by atoms with van der Waals surface area (Å²) < 4.78 is 0. The van der Waals surface area contributed by atoms with Gasteiger partial charge in [-0.15, -0.1) is 0 Å². The molecular formula is C15H25N. The third-order valence-corrected chi connectivity index (χ3v) is 3.04. The van der Waals surface area contributed by atoms with Gasteiger partial charge in [-0.1, -0.05) is 55.5 Å². The van der Waals surface area contributed by atoms with E-state index in [1.165, 1.54) is 56.1 Å². The van der Waals surface area contributed by atoms with Gasteiger partial charge in [0.15, 0.2) is 0 Å². The van der Waals surface area contributed by atoms with Crippen molar-refractivity contribution in [1.82, 2.24) is 0 Å². The molecule has 0 spiro atoms. The van der Waals surface area contributed by atoms with Crippen molar-refractivity contribution < 1.29 is 0 Å². The highest BCUT2D eigenvalue weighted by Crippen LogP contribution is 2.10. The van der Waals surface area contributed by atoms with E-state index >= 15 is 0 Å². The first-order valence-electron chi connectivity index (χ1n) is 6.58. The normalized spacial score (nSPS) is 10.6. The van der Waals surface area contributed by atoms with Crippen molar-refractivity contribution in [1.29, 1.82) is 0 Å². The molecule has 0 aliphatic rings. The number of rotatable bonds is 8. The summed E-state index contributed by atoms with van der Waals surface area (Å²) in [7, 11) is 0. The Kier molecular flexibility index (Phi) is 6.91. The van der Waals surface area contributed by atoms with Gasteiger partial charge < -0.3 is 5.73 Å². The highest BCUT2D eigenvalue weighted by molar-refractivity contribution is 5.21. The Balaban J connectivity index is 2.01. The third-order valence-electron chi connectivity index (χ3n) is 3.04. The first-order valence-corrected chi connectivity index (χ1v) is 6.58. The molecule has 1 nitrogen and oxygen atoms in total. The molecule has 0 heterocycles. The highest BCUT2D eigenvalue weighted by atomic mass is 14.5. The number of benzene rings is 1. The van der Waals surface area contributed by atoms with Crippen LogP contribution in [0.1, 0.15) is 49.7 Å². The van der Waals surface area contributed by atoms with Gasteiger partial charge in [-0.2, -0.15) is 0 Å². The lowest BCUT2D eigenvalue weighted by molar-refractivity contribution is 0.597. The molecule has 0 fully saturated rings. The van der Waals surface area contributed by atoms with Crippen LogP contribution in [0.3, 0.4) is 0 Å². The lowest BCUT2D eigenvalue weighted by Crippen LogP contribution is -1.97. The molecule has 0 saturated heterocycles. The Morgan fingerprint density at radius 2 is 1.38 bits per heavy atom. The minimum absolute atomic E-state index is 0.851. The van der Waals surface area contributed by atoms with Gasteiger partial charge in [0.05, 0.1) is 0 Å². The molecule has 0 amide bonds. The Hall–Kier alpha value is -0.820. The quantitative estimate of drug-likeness (QED) is 0.661. The lowest BCUT2D eigenvalue weighted by atomic mass is 10.0. The summed E-state index contributed by atoms with van der Waals surface area (Å²) in [6, 6.07) is 8.92. The minimum atomic E-state index is 0.851. The Morgan fingerprint density at radius 3 is 2.00 bits per heavy atom. The fraction of sp³-hybridized carbons (Fsp3) is 0.600. The SMILES string of the molecule is Cc1ccc(CCCCCCCCN)cc1. The van der Waals surface area contributed by atoms with Gasteiger partial charge in [0, 0.05) is 0 Å². The standard InChI is InChI=1S/C15H25N/c1-14-9-11-15(12-10-14)8-6-4-2-3-5-7-13-16/h9-12H,2-8,13,16H2,1H3. The van der Waals surface area contributed by atoms with E-state index in [1.807, 2.05) is 0 Å². The molecule has 1 rings (SSSR count). The molecule has 0 unspecified atom stereocenters.